The molecule has 0 saturated carbocycles. The molecule has 2 aromatic carbocycles. The molecular formula is C22H26ClNO4. The molecule has 2 rings (SSSR count). The Kier molecular flexibility index (Phi) is 9.35. The zero-order valence-electron chi connectivity index (χ0n) is 16.1. The van der Waals surface area contributed by atoms with Gasteiger partial charge < -0.3 is 14.8 Å². The largest absolute Gasteiger partial charge is 0.494 e. The van der Waals surface area contributed by atoms with Crippen LogP contribution in [0, 0.1) is 0 Å². The maximum absolute atomic E-state index is 12.0. The number of rotatable bonds is 11. The van der Waals surface area contributed by atoms with Crippen LogP contribution in [0.3, 0.4) is 0 Å². The predicted octanol–water partition coefficient (Wildman–Crippen LogP) is 5.48. The maximum atomic E-state index is 12.0. The molecule has 150 valence electrons. The van der Waals surface area contributed by atoms with Crippen molar-refractivity contribution in [1.29, 1.82) is 0 Å². The van der Waals surface area contributed by atoms with Crippen LogP contribution < -0.4 is 10.1 Å². The van der Waals surface area contributed by atoms with Gasteiger partial charge in [0.05, 0.1) is 18.8 Å². The Labute approximate surface area is 171 Å². The van der Waals surface area contributed by atoms with Gasteiger partial charge in [0, 0.05) is 17.1 Å². The zero-order valence-corrected chi connectivity index (χ0v) is 16.8. The second-order valence-electron chi connectivity index (χ2n) is 6.37. The minimum Gasteiger partial charge on any atom is -0.494 e. The number of benzene rings is 2. The van der Waals surface area contributed by atoms with Crippen molar-refractivity contribution in [3.63, 3.8) is 0 Å². The minimum absolute atomic E-state index is 0.102. The molecule has 0 aromatic heterocycles. The van der Waals surface area contributed by atoms with Crippen molar-refractivity contribution in [2.45, 2.75) is 39.0 Å². The molecule has 0 aliphatic rings. The van der Waals surface area contributed by atoms with Crippen LogP contribution in [0.15, 0.2) is 48.5 Å². The second-order valence-corrected chi connectivity index (χ2v) is 6.81. The molecule has 0 aliphatic carbocycles. The first-order valence-electron chi connectivity index (χ1n) is 9.54. The highest BCUT2D eigenvalue weighted by Crippen LogP contribution is 2.16. The number of esters is 1. The minimum atomic E-state index is -0.340. The molecule has 0 radical (unpaired) electrons. The van der Waals surface area contributed by atoms with Gasteiger partial charge in [-0.05, 0) is 61.4 Å². The van der Waals surface area contributed by atoms with Gasteiger partial charge in [-0.1, -0.05) is 31.4 Å². The summed E-state index contributed by atoms with van der Waals surface area (Å²) in [7, 11) is 0. The number of nitrogens with one attached hydrogen (secondary N) is 1. The molecule has 1 N–H and O–H groups in total. The summed E-state index contributed by atoms with van der Waals surface area (Å²) in [4.78, 5) is 23.9. The topological polar surface area (TPSA) is 64.6 Å². The van der Waals surface area contributed by atoms with E-state index in [1.807, 2.05) is 0 Å². The van der Waals surface area contributed by atoms with E-state index in [1.165, 1.54) is 0 Å². The van der Waals surface area contributed by atoms with Gasteiger partial charge in [0.1, 0.15) is 5.75 Å². The fraction of sp³-hybridized carbons (Fsp3) is 0.364. The van der Waals surface area contributed by atoms with Gasteiger partial charge >= 0.3 is 5.97 Å². The summed E-state index contributed by atoms with van der Waals surface area (Å²) >= 11 is 5.82. The average Bonchev–Trinajstić information content (AvgIpc) is 2.70. The summed E-state index contributed by atoms with van der Waals surface area (Å²) in [5, 5.41) is 3.47. The molecule has 0 saturated heterocycles. The van der Waals surface area contributed by atoms with Crippen LogP contribution in [0.1, 0.15) is 49.4 Å². The molecule has 1 amide bonds. The van der Waals surface area contributed by atoms with Crippen molar-refractivity contribution in [2.75, 3.05) is 18.5 Å². The van der Waals surface area contributed by atoms with Gasteiger partial charge in [-0.2, -0.15) is 0 Å². The Morgan fingerprint density at radius 3 is 2.32 bits per heavy atom. The molecule has 0 fully saturated rings. The summed E-state index contributed by atoms with van der Waals surface area (Å²) in [6.07, 6.45) is 3.94. The first kappa shape index (κ1) is 21.8. The quantitative estimate of drug-likeness (QED) is 0.398. The molecule has 0 spiro atoms. The van der Waals surface area contributed by atoms with Gasteiger partial charge in [-0.3, -0.25) is 4.79 Å². The van der Waals surface area contributed by atoms with Crippen LogP contribution >= 0.6 is 11.6 Å². The number of hydrogen-bond acceptors (Lipinski definition) is 4. The standard InChI is InChI=1S/C22H26ClNO4/c1-2-3-4-15-28-22(26)17-7-11-19(12-8-17)24-21(25)6-5-16-27-20-13-9-18(23)10-14-20/h7-14H,2-6,15-16H2,1H3,(H,24,25). The molecule has 0 atom stereocenters. The Bertz CT molecular complexity index is 744. The Balaban J connectivity index is 1.67. The SMILES string of the molecule is CCCCCOC(=O)c1ccc(NC(=O)CCCOc2ccc(Cl)cc2)cc1. The molecule has 2 aromatic rings. The summed E-state index contributed by atoms with van der Waals surface area (Å²) in [5.74, 6) is 0.282. The van der Waals surface area contributed by atoms with Crippen molar-refractivity contribution in [1.82, 2.24) is 0 Å². The highest BCUT2D eigenvalue weighted by Gasteiger charge is 2.08. The Morgan fingerprint density at radius 2 is 1.64 bits per heavy atom. The van der Waals surface area contributed by atoms with Crippen LogP contribution in [-0.2, 0) is 9.53 Å². The third-order valence-corrected chi connectivity index (χ3v) is 4.27. The molecular weight excluding hydrogens is 378 g/mol. The van der Waals surface area contributed by atoms with E-state index in [0.29, 0.717) is 42.3 Å². The molecule has 0 unspecified atom stereocenters. The van der Waals surface area contributed by atoms with E-state index in [-0.39, 0.29) is 11.9 Å². The first-order chi connectivity index (χ1) is 13.6. The van der Waals surface area contributed by atoms with Gasteiger partial charge in [-0.25, -0.2) is 4.79 Å². The lowest BCUT2D eigenvalue weighted by Gasteiger charge is -2.08. The van der Waals surface area contributed by atoms with Crippen LogP contribution in [0.25, 0.3) is 0 Å². The third kappa shape index (κ3) is 8.01. The summed E-state index contributed by atoms with van der Waals surface area (Å²) in [6, 6.07) is 13.8. The number of carbonyl (C=O) groups is 2. The Hall–Kier alpha value is -2.53. The number of unbranched alkanes of at least 4 members (excludes halogenated alkanes) is 2. The second kappa shape index (κ2) is 12.0. The maximum Gasteiger partial charge on any atom is 0.338 e. The number of anilines is 1. The fourth-order valence-corrected chi connectivity index (χ4v) is 2.59. The normalized spacial score (nSPS) is 10.4. The van der Waals surface area contributed by atoms with Crippen molar-refractivity contribution in [3.05, 3.63) is 59.1 Å². The van der Waals surface area contributed by atoms with Crippen molar-refractivity contribution < 1.29 is 19.1 Å². The van der Waals surface area contributed by atoms with E-state index < -0.39 is 0 Å². The van der Waals surface area contributed by atoms with Crippen LogP contribution in [0.4, 0.5) is 5.69 Å². The number of carbonyl (C=O) groups excluding carboxylic acids is 2. The van der Waals surface area contributed by atoms with Crippen molar-refractivity contribution in [2.24, 2.45) is 0 Å². The van der Waals surface area contributed by atoms with E-state index in [2.05, 4.69) is 12.2 Å². The summed E-state index contributed by atoms with van der Waals surface area (Å²) in [6.45, 7) is 2.97. The van der Waals surface area contributed by atoms with E-state index in [4.69, 9.17) is 21.1 Å². The van der Waals surface area contributed by atoms with Crippen molar-refractivity contribution in [3.8, 4) is 5.75 Å². The third-order valence-electron chi connectivity index (χ3n) is 4.02. The lowest BCUT2D eigenvalue weighted by atomic mass is 10.2. The van der Waals surface area contributed by atoms with Gasteiger partial charge in [0.15, 0.2) is 0 Å². The van der Waals surface area contributed by atoms with Crippen molar-refractivity contribution >= 4 is 29.2 Å². The molecule has 0 bridgehead atoms. The molecule has 6 heteroatoms. The Morgan fingerprint density at radius 1 is 0.929 bits per heavy atom. The average molecular weight is 404 g/mol. The predicted molar refractivity (Wildman–Crippen MR) is 111 cm³/mol. The van der Waals surface area contributed by atoms with E-state index >= 15 is 0 Å². The lowest BCUT2D eigenvalue weighted by molar-refractivity contribution is -0.116. The number of hydrogen-bond donors (Lipinski definition) is 1. The monoisotopic (exact) mass is 403 g/mol. The number of ether oxygens (including phenoxy) is 2. The lowest BCUT2D eigenvalue weighted by Crippen LogP contribution is -2.13. The van der Waals surface area contributed by atoms with E-state index in [0.717, 1.165) is 25.0 Å². The van der Waals surface area contributed by atoms with Gasteiger partial charge in [-0.15, -0.1) is 0 Å². The number of halogens is 1. The van der Waals surface area contributed by atoms with Crippen LogP contribution in [0.2, 0.25) is 5.02 Å². The molecule has 0 aliphatic heterocycles. The smallest absolute Gasteiger partial charge is 0.338 e. The summed E-state index contributed by atoms with van der Waals surface area (Å²) in [5.41, 5.74) is 1.12. The fourth-order valence-electron chi connectivity index (χ4n) is 2.47. The first-order valence-corrected chi connectivity index (χ1v) is 9.91. The molecule has 28 heavy (non-hydrogen) atoms. The van der Waals surface area contributed by atoms with E-state index in [9.17, 15) is 9.59 Å². The number of amides is 1. The molecule has 5 nitrogen and oxygen atoms in total. The van der Waals surface area contributed by atoms with Gasteiger partial charge in [0.2, 0.25) is 5.91 Å². The van der Waals surface area contributed by atoms with Gasteiger partial charge in [0.25, 0.3) is 0 Å². The van der Waals surface area contributed by atoms with E-state index in [1.54, 1.807) is 48.5 Å². The highest BCUT2D eigenvalue weighted by atomic mass is 35.5. The zero-order chi connectivity index (χ0) is 20.2. The highest BCUT2D eigenvalue weighted by molar-refractivity contribution is 6.30. The van der Waals surface area contributed by atoms with Crippen LogP contribution in [-0.4, -0.2) is 25.1 Å². The summed E-state index contributed by atoms with van der Waals surface area (Å²) < 4.78 is 10.8. The molecule has 0 heterocycles. The van der Waals surface area contributed by atoms with Crippen LogP contribution in [0.5, 0.6) is 5.75 Å².